The third kappa shape index (κ3) is 5.80. The van der Waals surface area contributed by atoms with E-state index in [2.05, 4.69) is 60.6 Å². The van der Waals surface area contributed by atoms with Gasteiger partial charge in [0, 0.05) is 28.6 Å². The second-order valence-corrected chi connectivity index (χ2v) is 7.37. The summed E-state index contributed by atoms with van der Waals surface area (Å²) in [6.45, 7) is 5.87. The molecule has 0 unspecified atom stereocenters. The molecular formula is C28H26N2S. The van der Waals surface area contributed by atoms with E-state index in [1.54, 1.807) is 13.1 Å². The summed E-state index contributed by atoms with van der Waals surface area (Å²) in [5, 5.41) is 0. The van der Waals surface area contributed by atoms with Gasteiger partial charge in [0.2, 0.25) is 0 Å². The number of thiol groups is 1. The van der Waals surface area contributed by atoms with Gasteiger partial charge in [-0.3, -0.25) is 4.99 Å². The van der Waals surface area contributed by atoms with Gasteiger partial charge in [-0.15, -0.1) is 12.6 Å². The molecule has 3 heteroatoms. The average Bonchev–Trinajstić information content (AvgIpc) is 2.81. The Kier molecular flexibility index (Phi) is 7.97. The van der Waals surface area contributed by atoms with Gasteiger partial charge in [0.25, 0.3) is 0 Å². The summed E-state index contributed by atoms with van der Waals surface area (Å²) in [7, 11) is 1.76. The molecule has 0 spiro atoms. The van der Waals surface area contributed by atoms with Crippen molar-refractivity contribution in [2.24, 2.45) is 9.98 Å². The van der Waals surface area contributed by atoms with Crippen molar-refractivity contribution in [1.82, 2.24) is 0 Å². The van der Waals surface area contributed by atoms with Crippen LogP contribution in [-0.2, 0) is 0 Å². The van der Waals surface area contributed by atoms with E-state index in [0.29, 0.717) is 5.84 Å². The van der Waals surface area contributed by atoms with Crippen molar-refractivity contribution >= 4 is 24.2 Å². The number of rotatable bonds is 6. The molecule has 0 amide bonds. The SMILES string of the molecule is C=C/C=C(\C=C/C)C(=NC(=NC)c1ccc(S)cc1)c1ccc(-c2ccccc2)cc1. The van der Waals surface area contributed by atoms with Gasteiger partial charge in [-0.25, -0.2) is 4.99 Å². The highest BCUT2D eigenvalue weighted by atomic mass is 32.1. The molecule has 0 aromatic heterocycles. The van der Waals surface area contributed by atoms with Crippen molar-refractivity contribution in [1.29, 1.82) is 0 Å². The van der Waals surface area contributed by atoms with Crippen LogP contribution in [0.1, 0.15) is 18.1 Å². The number of hydrogen-bond acceptors (Lipinski definition) is 2. The molecule has 3 aromatic rings. The lowest BCUT2D eigenvalue weighted by Crippen LogP contribution is -2.09. The maximum atomic E-state index is 4.98. The molecule has 0 aliphatic carbocycles. The van der Waals surface area contributed by atoms with E-state index in [9.17, 15) is 0 Å². The summed E-state index contributed by atoms with van der Waals surface area (Å²) in [5.41, 5.74) is 6.11. The van der Waals surface area contributed by atoms with Gasteiger partial charge >= 0.3 is 0 Å². The van der Waals surface area contributed by atoms with E-state index in [1.807, 2.05) is 67.6 Å². The minimum atomic E-state index is 0.662. The lowest BCUT2D eigenvalue weighted by molar-refractivity contribution is 1.36. The van der Waals surface area contributed by atoms with Crippen LogP contribution in [0.4, 0.5) is 0 Å². The lowest BCUT2D eigenvalue weighted by Gasteiger charge is -2.11. The first-order valence-corrected chi connectivity index (χ1v) is 10.6. The molecule has 0 fully saturated rings. The second-order valence-electron chi connectivity index (χ2n) is 6.86. The van der Waals surface area contributed by atoms with Gasteiger partial charge in [0.1, 0.15) is 0 Å². The Balaban J connectivity index is 2.10. The smallest absolute Gasteiger partial charge is 0.154 e. The minimum absolute atomic E-state index is 0.662. The second kappa shape index (κ2) is 11.1. The quantitative estimate of drug-likeness (QED) is 0.188. The van der Waals surface area contributed by atoms with Crippen molar-refractivity contribution in [3.05, 3.63) is 126 Å². The fourth-order valence-corrected chi connectivity index (χ4v) is 3.38. The molecule has 0 aliphatic heterocycles. The van der Waals surface area contributed by atoms with Gasteiger partial charge in [0.05, 0.1) is 5.71 Å². The highest BCUT2D eigenvalue weighted by Crippen LogP contribution is 2.22. The average molecular weight is 423 g/mol. The van der Waals surface area contributed by atoms with E-state index in [1.165, 1.54) is 5.56 Å². The highest BCUT2D eigenvalue weighted by Gasteiger charge is 2.11. The number of amidine groups is 1. The van der Waals surface area contributed by atoms with Crippen LogP contribution in [0, 0.1) is 0 Å². The molecule has 0 saturated carbocycles. The van der Waals surface area contributed by atoms with E-state index in [0.717, 1.165) is 32.9 Å². The maximum Gasteiger partial charge on any atom is 0.154 e. The highest BCUT2D eigenvalue weighted by molar-refractivity contribution is 7.80. The fourth-order valence-electron chi connectivity index (χ4n) is 3.23. The molecule has 0 N–H and O–H groups in total. The zero-order valence-corrected chi connectivity index (χ0v) is 18.8. The Morgan fingerprint density at radius 1 is 0.839 bits per heavy atom. The maximum absolute atomic E-state index is 4.98. The first-order valence-electron chi connectivity index (χ1n) is 10.1. The Morgan fingerprint density at radius 2 is 1.45 bits per heavy atom. The molecule has 0 atom stereocenters. The Labute approximate surface area is 190 Å². The normalized spacial score (nSPS) is 12.9. The van der Waals surface area contributed by atoms with Crippen LogP contribution < -0.4 is 0 Å². The first kappa shape index (κ1) is 22.3. The van der Waals surface area contributed by atoms with Crippen LogP contribution in [0.3, 0.4) is 0 Å². The summed E-state index contributed by atoms with van der Waals surface area (Å²) in [6.07, 6.45) is 7.78. The zero-order chi connectivity index (χ0) is 22.1. The fraction of sp³-hybridized carbons (Fsp3) is 0.0714. The van der Waals surface area contributed by atoms with Crippen LogP contribution in [0.15, 0.2) is 130 Å². The number of nitrogens with zero attached hydrogens (tertiary/aromatic N) is 2. The topological polar surface area (TPSA) is 24.7 Å². The molecule has 154 valence electrons. The minimum Gasteiger partial charge on any atom is -0.270 e. The van der Waals surface area contributed by atoms with Crippen molar-refractivity contribution < 1.29 is 0 Å². The van der Waals surface area contributed by atoms with E-state index >= 15 is 0 Å². The predicted molar refractivity (Wildman–Crippen MR) is 138 cm³/mol. The molecule has 31 heavy (non-hydrogen) atoms. The molecule has 2 nitrogen and oxygen atoms in total. The summed E-state index contributed by atoms with van der Waals surface area (Å²) in [6, 6.07) is 26.7. The molecule has 3 aromatic carbocycles. The standard InChI is InChI=1S/C28H26N2S/c1-4-9-23(10-5-2)27(30-28(29-3)25-17-19-26(31)20-18-25)24-15-13-22(14-16-24)21-11-7-6-8-12-21/h4-20,31H,1H2,2-3H3/b10-5-,23-9+,29-28?,30-27?. The van der Waals surface area contributed by atoms with Gasteiger partial charge in [-0.05, 0) is 30.2 Å². The molecule has 0 radical (unpaired) electrons. The van der Waals surface area contributed by atoms with E-state index < -0.39 is 0 Å². The Morgan fingerprint density at radius 3 is 2.03 bits per heavy atom. The van der Waals surface area contributed by atoms with Gasteiger partial charge in [-0.1, -0.05) is 97.6 Å². The monoisotopic (exact) mass is 422 g/mol. The molecule has 3 rings (SSSR count). The van der Waals surface area contributed by atoms with Gasteiger partial charge in [0.15, 0.2) is 5.84 Å². The summed E-state index contributed by atoms with van der Waals surface area (Å²) in [4.78, 5) is 10.3. The van der Waals surface area contributed by atoms with Crippen molar-refractivity contribution in [2.45, 2.75) is 11.8 Å². The molecule has 0 bridgehead atoms. The number of hydrogen-bond donors (Lipinski definition) is 1. The molecule has 0 heterocycles. The largest absolute Gasteiger partial charge is 0.270 e. The summed E-state index contributed by atoms with van der Waals surface area (Å²) < 4.78 is 0. The summed E-state index contributed by atoms with van der Waals surface area (Å²) in [5.74, 6) is 0.662. The van der Waals surface area contributed by atoms with Crippen molar-refractivity contribution in [2.75, 3.05) is 7.05 Å². The van der Waals surface area contributed by atoms with Crippen LogP contribution in [0.5, 0.6) is 0 Å². The molecule has 0 saturated heterocycles. The zero-order valence-electron chi connectivity index (χ0n) is 17.9. The lowest BCUT2D eigenvalue weighted by atomic mass is 9.97. The first-order chi connectivity index (χ1) is 15.2. The van der Waals surface area contributed by atoms with E-state index in [-0.39, 0.29) is 0 Å². The van der Waals surface area contributed by atoms with E-state index in [4.69, 9.17) is 4.99 Å². The third-order valence-corrected chi connectivity index (χ3v) is 5.04. The van der Waals surface area contributed by atoms with Crippen molar-refractivity contribution in [3.8, 4) is 11.1 Å². The molecule has 0 aliphatic rings. The van der Waals surface area contributed by atoms with Crippen LogP contribution in [0.2, 0.25) is 0 Å². The Hall–Kier alpha value is -3.43. The summed E-state index contributed by atoms with van der Waals surface area (Å²) >= 11 is 4.38. The third-order valence-electron chi connectivity index (χ3n) is 4.74. The predicted octanol–water partition coefficient (Wildman–Crippen LogP) is 7.20. The van der Waals surface area contributed by atoms with Crippen molar-refractivity contribution in [3.63, 3.8) is 0 Å². The van der Waals surface area contributed by atoms with Gasteiger partial charge in [-0.2, -0.15) is 0 Å². The van der Waals surface area contributed by atoms with Crippen LogP contribution in [-0.4, -0.2) is 18.6 Å². The van der Waals surface area contributed by atoms with Gasteiger partial charge < -0.3 is 0 Å². The van der Waals surface area contributed by atoms with Crippen LogP contribution in [0.25, 0.3) is 11.1 Å². The Bertz CT molecular complexity index is 1130. The van der Waals surface area contributed by atoms with Crippen LogP contribution >= 0.6 is 12.6 Å². The number of allylic oxidation sites excluding steroid dienone is 5. The molecular weight excluding hydrogens is 396 g/mol. The number of benzene rings is 3. The number of aliphatic imine (C=N–C) groups is 2.